The third-order valence-electron chi connectivity index (χ3n) is 6.61. The number of amides is 2. The molecule has 146 valence electrons. The second-order valence-corrected chi connectivity index (χ2v) is 8.62. The Hall–Kier alpha value is -1.88. The monoisotopic (exact) mass is 369 g/mol. The lowest BCUT2D eigenvalue weighted by molar-refractivity contribution is -0.133. The van der Waals surface area contributed by atoms with Crippen LogP contribution in [0.25, 0.3) is 0 Å². The zero-order valence-electron chi connectivity index (χ0n) is 16.2. The van der Waals surface area contributed by atoms with Gasteiger partial charge in [0.1, 0.15) is 0 Å². The van der Waals surface area contributed by atoms with Crippen LogP contribution >= 0.6 is 0 Å². The molecule has 0 spiro atoms. The molecule has 0 aliphatic carbocycles. The van der Waals surface area contributed by atoms with E-state index in [1.165, 1.54) is 12.8 Å². The number of rotatable bonds is 4. The van der Waals surface area contributed by atoms with Crippen LogP contribution in [0.15, 0.2) is 24.3 Å². The first-order valence-corrected chi connectivity index (χ1v) is 10.5. The van der Waals surface area contributed by atoms with Crippen LogP contribution in [0, 0.1) is 12.8 Å². The Labute approximate surface area is 161 Å². The fourth-order valence-corrected chi connectivity index (χ4v) is 5.08. The lowest BCUT2D eigenvalue weighted by Gasteiger charge is -2.35. The zero-order valence-corrected chi connectivity index (χ0v) is 16.2. The first kappa shape index (κ1) is 18.5. The van der Waals surface area contributed by atoms with Crippen LogP contribution in [0.2, 0.25) is 0 Å². The van der Waals surface area contributed by atoms with Crippen molar-refractivity contribution >= 4 is 11.8 Å². The maximum atomic E-state index is 12.7. The SMILES string of the molecule is Cc1ccccc1C(=O)NC1CCN(C(=O)CC2CC3CCC(C2)N3)CC1. The predicted molar refractivity (Wildman–Crippen MR) is 106 cm³/mol. The highest BCUT2D eigenvalue weighted by Crippen LogP contribution is 2.33. The molecule has 0 radical (unpaired) electrons. The van der Waals surface area contributed by atoms with Crippen molar-refractivity contribution in [2.75, 3.05) is 13.1 Å². The zero-order chi connectivity index (χ0) is 18.8. The molecule has 4 rings (SSSR count). The van der Waals surface area contributed by atoms with Crippen LogP contribution in [0.5, 0.6) is 0 Å². The van der Waals surface area contributed by atoms with Gasteiger partial charge in [0.05, 0.1) is 0 Å². The molecule has 1 aromatic rings. The van der Waals surface area contributed by atoms with Gasteiger partial charge < -0.3 is 15.5 Å². The molecule has 2 unspecified atom stereocenters. The van der Waals surface area contributed by atoms with Gasteiger partial charge in [-0.05, 0) is 63.0 Å². The third-order valence-corrected chi connectivity index (χ3v) is 6.61. The normalized spacial score (nSPS) is 28.2. The molecule has 2 amide bonds. The van der Waals surface area contributed by atoms with Gasteiger partial charge in [0.25, 0.3) is 5.91 Å². The number of nitrogens with zero attached hydrogens (tertiary/aromatic N) is 1. The molecule has 27 heavy (non-hydrogen) atoms. The maximum Gasteiger partial charge on any atom is 0.251 e. The lowest BCUT2D eigenvalue weighted by atomic mass is 9.89. The molecule has 5 nitrogen and oxygen atoms in total. The summed E-state index contributed by atoms with van der Waals surface area (Å²) in [5.41, 5.74) is 1.75. The number of likely N-dealkylation sites (tertiary alicyclic amines) is 1. The van der Waals surface area contributed by atoms with E-state index in [9.17, 15) is 9.59 Å². The summed E-state index contributed by atoms with van der Waals surface area (Å²) in [7, 11) is 0. The van der Waals surface area contributed by atoms with Crippen LogP contribution in [-0.2, 0) is 4.79 Å². The van der Waals surface area contributed by atoms with Gasteiger partial charge in [-0.3, -0.25) is 9.59 Å². The molecule has 3 fully saturated rings. The first-order valence-electron chi connectivity index (χ1n) is 10.5. The Morgan fingerprint density at radius 3 is 2.41 bits per heavy atom. The highest BCUT2D eigenvalue weighted by molar-refractivity contribution is 5.95. The van der Waals surface area contributed by atoms with Gasteiger partial charge in [-0.2, -0.15) is 0 Å². The van der Waals surface area contributed by atoms with Crippen LogP contribution < -0.4 is 10.6 Å². The molecule has 3 saturated heterocycles. The standard InChI is InChI=1S/C22H31N3O2/c1-15-4-2-3-5-20(15)22(27)24-17-8-10-25(11-9-17)21(26)14-16-12-18-6-7-19(13-16)23-18/h2-5,16-19,23H,6-14H2,1H3,(H,24,27). The number of benzene rings is 1. The summed E-state index contributed by atoms with van der Waals surface area (Å²) in [4.78, 5) is 27.2. The van der Waals surface area contributed by atoms with Crippen molar-refractivity contribution in [2.24, 2.45) is 5.92 Å². The van der Waals surface area contributed by atoms with Crippen LogP contribution in [0.1, 0.15) is 60.9 Å². The van der Waals surface area contributed by atoms with E-state index < -0.39 is 0 Å². The fourth-order valence-electron chi connectivity index (χ4n) is 5.08. The summed E-state index contributed by atoms with van der Waals surface area (Å²) in [5.74, 6) is 0.864. The molecule has 1 aromatic carbocycles. The van der Waals surface area contributed by atoms with Crippen molar-refractivity contribution in [1.82, 2.24) is 15.5 Å². The van der Waals surface area contributed by atoms with Crippen LogP contribution in [0.3, 0.4) is 0 Å². The summed E-state index contributed by atoms with van der Waals surface area (Å²) in [6.45, 7) is 3.48. The Morgan fingerprint density at radius 1 is 1.07 bits per heavy atom. The minimum Gasteiger partial charge on any atom is -0.349 e. The molecular weight excluding hydrogens is 338 g/mol. The van der Waals surface area contributed by atoms with Gasteiger partial charge in [0.15, 0.2) is 0 Å². The molecule has 0 saturated carbocycles. The summed E-state index contributed by atoms with van der Waals surface area (Å²) in [6, 6.07) is 9.13. The molecule has 5 heteroatoms. The highest BCUT2D eigenvalue weighted by Gasteiger charge is 2.35. The van der Waals surface area contributed by atoms with E-state index in [1.807, 2.05) is 36.1 Å². The summed E-state index contributed by atoms with van der Waals surface area (Å²) in [6.07, 6.45) is 7.27. The summed E-state index contributed by atoms with van der Waals surface area (Å²) < 4.78 is 0. The van der Waals surface area contributed by atoms with E-state index in [2.05, 4.69) is 10.6 Å². The number of hydrogen-bond acceptors (Lipinski definition) is 3. The van der Waals surface area contributed by atoms with Crippen molar-refractivity contribution in [3.05, 3.63) is 35.4 Å². The number of fused-ring (bicyclic) bond motifs is 2. The molecular formula is C22H31N3O2. The molecule has 2 bridgehead atoms. The number of piperidine rings is 2. The highest BCUT2D eigenvalue weighted by atomic mass is 16.2. The molecule has 3 aliphatic heterocycles. The fraction of sp³-hybridized carbons (Fsp3) is 0.636. The molecule has 3 heterocycles. The van der Waals surface area contributed by atoms with E-state index in [1.54, 1.807) is 0 Å². The van der Waals surface area contributed by atoms with Gasteiger partial charge in [-0.15, -0.1) is 0 Å². The number of aryl methyl sites for hydroxylation is 1. The molecule has 3 aliphatic rings. The van der Waals surface area contributed by atoms with Gasteiger partial charge in [0, 0.05) is 43.2 Å². The number of hydrogen-bond donors (Lipinski definition) is 2. The van der Waals surface area contributed by atoms with Gasteiger partial charge >= 0.3 is 0 Å². The second-order valence-electron chi connectivity index (χ2n) is 8.62. The molecule has 0 aromatic heterocycles. The van der Waals surface area contributed by atoms with E-state index in [-0.39, 0.29) is 11.9 Å². The maximum absolute atomic E-state index is 12.7. The number of carbonyl (C=O) groups is 2. The predicted octanol–water partition coefficient (Wildman–Crippen LogP) is 2.64. The molecule has 2 N–H and O–H groups in total. The summed E-state index contributed by atoms with van der Waals surface area (Å²) >= 11 is 0. The third kappa shape index (κ3) is 4.34. The quantitative estimate of drug-likeness (QED) is 0.858. The van der Waals surface area contributed by atoms with Crippen molar-refractivity contribution in [3.63, 3.8) is 0 Å². The summed E-state index contributed by atoms with van der Waals surface area (Å²) in [5, 5.41) is 6.80. The van der Waals surface area contributed by atoms with Crippen molar-refractivity contribution in [2.45, 2.75) is 70.0 Å². The molecule has 2 atom stereocenters. The van der Waals surface area contributed by atoms with Crippen molar-refractivity contribution < 1.29 is 9.59 Å². The van der Waals surface area contributed by atoms with Gasteiger partial charge in [-0.1, -0.05) is 18.2 Å². The second kappa shape index (κ2) is 8.01. The Balaban J connectivity index is 1.23. The topological polar surface area (TPSA) is 61.4 Å². The van der Waals surface area contributed by atoms with E-state index >= 15 is 0 Å². The largest absolute Gasteiger partial charge is 0.349 e. The van der Waals surface area contributed by atoms with E-state index in [4.69, 9.17) is 0 Å². The number of nitrogens with one attached hydrogen (secondary N) is 2. The van der Waals surface area contributed by atoms with Crippen LogP contribution in [0.4, 0.5) is 0 Å². The van der Waals surface area contributed by atoms with Crippen molar-refractivity contribution in [1.29, 1.82) is 0 Å². The Kier molecular flexibility index (Phi) is 5.48. The first-order chi connectivity index (χ1) is 13.1. The van der Waals surface area contributed by atoms with Crippen molar-refractivity contribution in [3.8, 4) is 0 Å². The minimum atomic E-state index is 0.00283. The van der Waals surface area contributed by atoms with Crippen LogP contribution in [-0.4, -0.2) is 47.9 Å². The van der Waals surface area contributed by atoms with Gasteiger partial charge in [0.2, 0.25) is 5.91 Å². The lowest BCUT2D eigenvalue weighted by Crippen LogP contribution is -2.47. The Morgan fingerprint density at radius 2 is 1.74 bits per heavy atom. The smallest absolute Gasteiger partial charge is 0.251 e. The Bertz CT molecular complexity index is 685. The van der Waals surface area contributed by atoms with E-state index in [0.717, 1.165) is 49.9 Å². The number of carbonyl (C=O) groups excluding carboxylic acids is 2. The average molecular weight is 370 g/mol. The van der Waals surface area contributed by atoms with Gasteiger partial charge in [-0.25, -0.2) is 0 Å². The van der Waals surface area contributed by atoms with E-state index in [0.29, 0.717) is 30.3 Å². The average Bonchev–Trinajstić information content (AvgIpc) is 3.01. The minimum absolute atomic E-state index is 0.00283.